The lowest BCUT2D eigenvalue weighted by Gasteiger charge is -2.15. The first-order valence-electron chi connectivity index (χ1n) is 9.57. The minimum atomic E-state index is -4.30. The number of aromatic nitrogens is 5. The fourth-order valence-electron chi connectivity index (χ4n) is 3.04. The van der Waals surface area contributed by atoms with Crippen molar-refractivity contribution in [3.05, 3.63) is 36.3 Å². The minimum Gasteiger partial charge on any atom is -0.363 e. The van der Waals surface area contributed by atoms with Crippen molar-refractivity contribution in [3.8, 4) is 0 Å². The van der Waals surface area contributed by atoms with E-state index in [0.717, 1.165) is 50.1 Å². The Morgan fingerprint density at radius 1 is 1.10 bits per heavy atom. The van der Waals surface area contributed by atoms with E-state index in [0.29, 0.717) is 17.0 Å². The van der Waals surface area contributed by atoms with Crippen LogP contribution in [-0.4, -0.2) is 58.3 Å². The lowest BCUT2D eigenvalue weighted by Crippen LogP contribution is -2.19. The van der Waals surface area contributed by atoms with E-state index >= 15 is 0 Å². The second-order valence-electron chi connectivity index (χ2n) is 7.14. The summed E-state index contributed by atoms with van der Waals surface area (Å²) in [4.78, 5) is 16.0. The van der Waals surface area contributed by atoms with Crippen LogP contribution in [0.3, 0.4) is 0 Å². The average molecular weight is 443 g/mol. The Labute approximate surface area is 175 Å². The molecule has 3 aromatic heterocycles. The molecule has 0 amide bonds. The summed E-state index contributed by atoms with van der Waals surface area (Å²) in [6.45, 7) is 1.45. The topological polar surface area (TPSA) is 63.0 Å². The van der Waals surface area contributed by atoms with Gasteiger partial charge in [-0.15, -0.1) is 0 Å². The predicted molar refractivity (Wildman–Crippen MR) is 106 cm³/mol. The van der Waals surface area contributed by atoms with E-state index in [2.05, 4.69) is 25.0 Å². The molecule has 1 saturated heterocycles. The molecule has 0 saturated carbocycles. The largest absolute Gasteiger partial charge is 0.416 e. The molecule has 3 aromatic rings. The van der Waals surface area contributed by atoms with Crippen LogP contribution in [0, 0.1) is 0 Å². The first-order valence-corrected chi connectivity index (χ1v) is 9.57. The number of halogens is 5. The van der Waals surface area contributed by atoms with Crippen LogP contribution < -0.4 is 9.80 Å². The van der Waals surface area contributed by atoms with Crippen LogP contribution in [0.1, 0.15) is 18.4 Å². The highest BCUT2D eigenvalue weighted by Gasteiger charge is 2.30. The Hall–Kier alpha value is -3.05. The molecule has 1 aliphatic heterocycles. The molecule has 0 atom stereocenters. The highest BCUT2D eigenvalue weighted by Crippen LogP contribution is 2.30. The molecule has 4 heterocycles. The molecule has 12 heteroatoms. The maximum absolute atomic E-state index is 12.4. The van der Waals surface area contributed by atoms with Crippen LogP contribution in [0.4, 0.5) is 33.6 Å². The molecule has 0 radical (unpaired) electrons. The Morgan fingerprint density at radius 3 is 2.42 bits per heavy atom. The van der Waals surface area contributed by atoms with Crippen LogP contribution in [0.25, 0.3) is 11.2 Å². The quantitative estimate of drug-likeness (QED) is 0.571. The van der Waals surface area contributed by atoms with Gasteiger partial charge < -0.3 is 9.80 Å². The van der Waals surface area contributed by atoms with Gasteiger partial charge in [0, 0.05) is 33.4 Å². The number of rotatable bonds is 4. The molecule has 4 rings (SSSR count). The molecule has 1 fully saturated rings. The average Bonchev–Trinajstić information content (AvgIpc) is 3.38. The van der Waals surface area contributed by atoms with Gasteiger partial charge in [-0.2, -0.15) is 18.3 Å². The van der Waals surface area contributed by atoms with Gasteiger partial charge >= 0.3 is 6.18 Å². The zero-order valence-corrected chi connectivity index (χ0v) is 17.0. The summed E-state index contributed by atoms with van der Waals surface area (Å²) in [5, 5.41) is 3.90. The molecule has 0 aromatic carbocycles. The Balaban J connectivity index is 0.000000187. The van der Waals surface area contributed by atoms with Gasteiger partial charge in [-0.3, -0.25) is 0 Å². The minimum absolute atomic E-state index is 0.301. The van der Waals surface area contributed by atoms with E-state index in [1.807, 2.05) is 0 Å². The van der Waals surface area contributed by atoms with Gasteiger partial charge in [-0.25, -0.2) is 28.4 Å². The van der Waals surface area contributed by atoms with Gasteiger partial charge in [-0.05, 0) is 25.0 Å². The van der Waals surface area contributed by atoms with Crippen molar-refractivity contribution in [2.24, 2.45) is 0 Å². The van der Waals surface area contributed by atoms with Gasteiger partial charge in [0.25, 0.3) is 6.43 Å². The number of hydrogen-bond donors (Lipinski definition) is 0. The zero-order valence-electron chi connectivity index (χ0n) is 17.0. The van der Waals surface area contributed by atoms with Gasteiger partial charge in [0.05, 0.1) is 18.0 Å². The maximum Gasteiger partial charge on any atom is 0.416 e. The van der Waals surface area contributed by atoms with Crippen LogP contribution >= 0.6 is 0 Å². The van der Waals surface area contributed by atoms with Crippen LogP contribution in [-0.2, 0) is 12.7 Å². The second kappa shape index (κ2) is 9.40. The van der Waals surface area contributed by atoms with E-state index in [1.165, 1.54) is 15.8 Å². The number of anilines is 2. The van der Waals surface area contributed by atoms with Crippen molar-refractivity contribution in [3.63, 3.8) is 0 Å². The van der Waals surface area contributed by atoms with Crippen molar-refractivity contribution < 1.29 is 22.0 Å². The summed E-state index contributed by atoms with van der Waals surface area (Å²) in [6, 6.07) is 1.97. The predicted octanol–water partition coefficient (Wildman–Crippen LogP) is 3.86. The molecule has 1 aliphatic rings. The van der Waals surface area contributed by atoms with Gasteiger partial charge in [-0.1, -0.05) is 0 Å². The third-order valence-corrected chi connectivity index (χ3v) is 4.60. The van der Waals surface area contributed by atoms with E-state index in [4.69, 9.17) is 0 Å². The van der Waals surface area contributed by atoms with Crippen molar-refractivity contribution in [2.75, 3.05) is 37.0 Å². The monoisotopic (exact) mass is 443 g/mol. The maximum atomic E-state index is 12.4. The molecule has 0 bridgehead atoms. The number of nitrogens with zero attached hydrogens (tertiary/aromatic N) is 7. The van der Waals surface area contributed by atoms with Crippen molar-refractivity contribution in [1.82, 2.24) is 24.7 Å². The molecule has 0 spiro atoms. The lowest BCUT2D eigenvalue weighted by atomic mass is 10.2. The third kappa shape index (κ3) is 5.76. The van der Waals surface area contributed by atoms with Crippen LogP contribution in [0.15, 0.2) is 30.7 Å². The standard InChI is InChI=1S/C11H13F2N5.C8H9F3N2/c12-9(13)7-18-11-8(5-15-18)14-6-10(16-11)17-3-1-2-4-17;1-13(2)7-5-6(3-4-12-7)8(9,10)11/h5-6,9H,1-4,7H2;3-5H,1-2H3. The highest BCUT2D eigenvalue weighted by molar-refractivity contribution is 5.71. The lowest BCUT2D eigenvalue weighted by molar-refractivity contribution is -0.137. The summed E-state index contributed by atoms with van der Waals surface area (Å²) in [7, 11) is 3.28. The molecule has 0 aliphatic carbocycles. The summed E-state index contributed by atoms with van der Waals surface area (Å²) in [5.74, 6) is 1.05. The Morgan fingerprint density at radius 2 is 1.81 bits per heavy atom. The highest BCUT2D eigenvalue weighted by atomic mass is 19.4. The van der Waals surface area contributed by atoms with Gasteiger partial charge in [0.1, 0.15) is 23.7 Å². The number of fused-ring (bicyclic) bond motifs is 1. The molecular weight excluding hydrogens is 421 g/mol. The van der Waals surface area contributed by atoms with Crippen molar-refractivity contribution >= 4 is 22.8 Å². The number of alkyl halides is 5. The van der Waals surface area contributed by atoms with E-state index in [-0.39, 0.29) is 0 Å². The molecule has 0 N–H and O–H groups in total. The second-order valence-corrected chi connectivity index (χ2v) is 7.14. The van der Waals surface area contributed by atoms with Gasteiger partial charge in [0.2, 0.25) is 0 Å². The Bertz CT molecular complexity index is 997. The van der Waals surface area contributed by atoms with E-state index in [1.54, 1.807) is 20.3 Å². The molecular formula is C19H22F5N7. The van der Waals surface area contributed by atoms with Gasteiger partial charge in [0.15, 0.2) is 5.65 Å². The fourth-order valence-corrected chi connectivity index (χ4v) is 3.04. The first-order chi connectivity index (χ1) is 14.6. The first kappa shape index (κ1) is 22.6. The normalized spacial score (nSPS) is 14.1. The van der Waals surface area contributed by atoms with Crippen LogP contribution in [0.5, 0.6) is 0 Å². The Kier molecular flexibility index (Phi) is 6.86. The molecule has 168 valence electrons. The van der Waals surface area contributed by atoms with Crippen LogP contribution in [0.2, 0.25) is 0 Å². The van der Waals surface area contributed by atoms with E-state index in [9.17, 15) is 22.0 Å². The van der Waals surface area contributed by atoms with Crippen molar-refractivity contribution in [1.29, 1.82) is 0 Å². The fraction of sp³-hybridized carbons (Fsp3) is 0.474. The zero-order chi connectivity index (χ0) is 22.6. The van der Waals surface area contributed by atoms with Crippen molar-refractivity contribution in [2.45, 2.75) is 32.0 Å². The smallest absolute Gasteiger partial charge is 0.363 e. The SMILES string of the molecule is CN(C)c1cc(C(F)(F)F)ccn1.FC(F)Cn1ncc2ncc(N3CCCC3)nc21. The third-order valence-electron chi connectivity index (χ3n) is 4.60. The molecule has 0 unspecified atom stereocenters. The number of pyridine rings is 1. The number of hydrogen-bond acceptors (Lipinski definition) is 6. The molecule has 31 heavy (non-hydrogen) atoms. The summed E-state index contributed by atoms with van der Waals surface area (Å²) in [6.07, 6.45) is -0.163. The summed E-state index contributed by atoms with van der Waals surface area (Å²) in [5.41, 5.74) is 0.310. The molecule has 7 nitrogen and oxygen atoms in total. The summed E-state index contributed by atoms with van der Waals surface area (Å²) < 4.78 is 62.6. The summed E-state index contributed by atoms with van der Waals surface area (Å²) >= 11 is 0. The van der Waals surface area contributed by atoms with E-state index < -0.39 is 24.7 Å².